The van der Waals surface area contributed by atoms with Crippen molar-refractivity contribution in [2.24, 2.45) is 0 Å². The minimum Gasteiger partial charge on any atom is -0.308 e. The summed E-state index contributed by atoms with van der Waals surface area (Å²) in [5, 5.41) is 7.59. The van der Waals surface area contributed by atoms with Gasteiger partial charge in [0, 0.05) is 18.1 Å². The molecule has 2 aromatic carbocycles. The maximum Gasteiger partial charge on any atom is 0.324 e. The predicted octanol–water partition coefficient (Wildman–Crippen LogP) is 3.27. The summed E-state index contributed by atoms with van der Waals surface area (Å²) in [5.74, 6) is 0.408. The number of amides is 2. The molecule has 0 saturated carbocycles. The molecule has 0 fully saturated rings. The average Bonchev–Trinajstić information content (AvgIpc) is 2.48. The Balaban J connectivity index is 1.74. The summed E-state index contributed by atoms with van der Waals surface area (Å²) < 4.78 is 0. The molecule has 98 valence electrons. The number of carbonyl (C=O) groups is 1. The first kappa shape index (κ1) is 12.1. The van der Waals surface area contributed by atoms with Gasteiger partial charge in [0.1, 0.15) is 0 Å². The van der Waals surface area contributed by atoms with E-state index in [1.165, 1.54) is 12.4 Å². The van der Waals surface area contributed by atoms with Crippen LogP contribution in [0.5, 0.6) is 0 Å². The molecule has 1 heterocycles. The Morgan fingerprint density at radius 1 is 0.950 bits per heavy atom. The predicted molar refractivity (Wildman–Crippen MR) is 78.6 cm³/mol. The van der Waals surface area contributed by atoms with E-state index in [-0.39, 0.29) is 6.03 Å². The minimum atomic E-state index is -0.346. The van der Waals surface area contributed by atoms with Gasteiger partial charge in [-0.25, -0.2) is 9.78 Å². The van der Waals surface area contributed by atoms with E-state index in [0.29, 0.717) is 5.82 Å². The van der Waals surface area contributed by atoms with Crippen molar-refractivity contribution >= 4 is 28.3 Å². The molecule has 0 aliphatic rings. The van der Waals surface area contributed by atoms with E-state index in [4.69, 9.17) is 0 Å². The fourth-order valence-corrected chi connectivity index (χ4v) is 1.91. The van der Waals surface area contributed by atoms with Crippen LogP contribution in [0.1, 0.15) is 0 Å². The quantitative estimate of drug-likeness (QED) is 0.746. The molecule has 5 heteroatoms. The van der Waals surface area contributed by atoms with Crippen molar-refractivity contribution in [1.29, 1.82) is 0 Å². The first-order chi connectivity index (χ1) is 9.81. The zero-order chi connectivity index (χ0) is 13.8. The summed E-state index contributed by atoms with van der Waals surface area (Å²) >= 11 is 0. The number of hydrogen-bond donors (Lipinski definition) is 2. The summed E-state index contributed by atoms with van der Waals surface area (Å²) in [5.41, 5.74) is 0.727. The van der Waals surface area contributed by atoms with Crippen molar-refractivity contribution < 1.29 is 4.79 Å². The number of anilines is 2. The Labute approximate surface area is 115 Å². The van der Waals surface area contributed by atoms with E-state index in [2.05, 4.69) is 20.6 Å². The maximum absolute atomic E-state index is 11.8. The minimum absolute atomic E-state index is 0.346. The smallest absolute Gasteiger partial charge is 0.308 e. The third kappa shape index (κ3) is 2.72. The van der Waals surface area contributed by atoms with Crippen LogP contribution < -0.4 is 10.6 Å². The van der Waals surface area contributed by atoms with Gasteiger partial charge in [-0.1, -0.05) is 30.3 Å². The SMILES string of the molecule is O=C(Nc1ccc2ccccc2c1)Nc1cnccn1. The van der Waals surface area contributed by atoms with Crippen LogP contribution in [0, 0.1) is 0 Å². The van der Waals surface area contributed by atoms with Crippen LogP contribution in [-0.2, 0) is 0 Å². The van der Waals surface area contributed by atoms with Gasteiger partial charge in [-0.2, -0.15) is 0 Å². The van der Waals surface area contributed by atoms with Crippen molar-refractivity contribution in [3.8, 4) is 0 Å². The van der Waals surface area contributed by atoms with E-state index >= 15 is 0 Å². The normalized spacial score (nSPS) is 10.2. The van der Waals surface area contributed by atoms with Gasteiger partial charge in [0.25, 0.3) is 0 Å². The fraction of sp³-hybridized carbons (Fsp3) is 0. The number of fused-ring (bicyclic) bond motifs is 1. The zero-order valence-corrected chi connectivity index (χ0v) is 10.6. The monoisotopic (exact) mass is 264 g/mol. The van der Waals surface area contributed by atoms with Gasteiger partial charge >= 0.3 is 6.03 Å². The molecular formula is C15H12N4O. The first-order valence-corrected chi connectivity index (χ1v) is 6.14. The van der Waals surface area contributed by atoms with Gasteiger partial charge in [-0.3, -0.25) is 10.3 Å². The number of carbonyl (C=O) groups excluding carboxylic acids is 1. The highest BCUT2D eigenvalue weighted by molar-refractivity contribution is 6.00. The molecular weight excluding hydrogens is 252 g/mol. The van der Waals surface area contributed by atoms with E-state index in [0.717, 1.165) is 16.5 Å². The van der Waals surface area contributed by atoms with Gasteiger partial charge in [0.2, 0.25) is 0 Å². The summed E-state index contributed by atoms with van der Waals surface area (Å²) in [6.07, 6.45) is 4.55. The highest BCUT2D eigenvalue weighted by Crippen LogP contribution is 2.18. The van der Waals surface area contributed by atoms with Crippen LogP contribution in [0.25, 0.3) is 10.8 Å². The third-order valence-corrected chi connectivity index (χ3v) is 2.81. The van der Waals surface area contributed by atoms with Crippen molar-refractivity contribution in [2.45, 2.75) is 0 Å². The lowest BCUT2D eigenvalue weighted by Gasteiger charge is -2.07. The largest absolute Gasteiger partial charge is 0.324 e. The van der Waals surface area contributed by atoms with Crippen molar-refractivity contribution in [3.63, 3.8) is 0 Å². The number of rotatable bonds is 2. The molecule has 0 aliphatic heterocycles. The van der Waals surface area contributed by atoms with Crippen LogP contribution in [-0.4, -0.2) is 16.0 Å². The molecule has 5 nitrogen and oxygen atoms in total. The highest BCUT2D eigenvalue weighted by Gasteiger charge is 2.03. The van der Waals surface area contributed by atoms with Crippen LogP contribution in [0.15, 0.2) is 61.1 Å². The Kier molecular flexibility index (Phi) is 3.24. The van der Waals surface area contributed by atoms with Crippen LogP contribution in [0.4, 0.5) is 16.3 Å². The molecule has 0 aliphatic carbocycles. The summed E-state index contributed by atoms with van der Waals surface area (Å²) in [6.45, 7) is 0. The molecule has 0 radical (unpaired) electrons. The highest BCUT2D eigenvalue weighted by atomic mass is 16.2. The number of aromatic nitrogens is 2. The number of nitrogens with zero attached hydrogens (tertiary/aromatic N) is 2. The van der Waals surface area contributed by atoms with E-state index in [9.17, 15) is 4.79 Å². The molecule has 0 atom stereocenters. The third-order valence-electron chi connectivity index (χ3n) is 2.81. The number of benzene rings is 2. The first-order valence-electron chi connectivity index (χ1n) is 6.14. The van der Waals surface area contributed by atoms with Crippen LogP contribution in [0.3, 0.4) is 0 Å². The lowest BCUT2D eigenvalue weighted by molar-refractivity contribution is 0.262. The molecule has 2 amide bonds. The molecule has 2 N–H and O–H groups in total. The van der Waals surface area contributed by atoms with Crippen molar-refractivity contribution in [1.82, 2.24) is 9.97 Å². The van der Waals surface area contributed by atoms with Crippen LogP contribution in [0.2, 0.25) is 0 Å². The summed E-state index contributed by atoms with van der Waals surface area (Å²) in [6, 6.07) is 13.4. The number of hydrogen-bond acceptors (Lipinski definition) is 3. The molecule has 0 unspecified atom stereocenters. The topological polar surface area (TPSA) is 66.9 Å². The summed E-state index contributed by atoms with van der Waals surface area (Å²) in [4.78, 5) is 19.7. The molecule has 3 aromatic rings. The fourth-order valence-electron chi connectivity index (χ4n) is 1.91. The van der Waals surface area contributed by atoms with Crippen molar-refractivity contribution in [2.75, 3.05) is 10.6 Å². The average molecular weight is 264 g/mol. The van der Waals surface area contributed by atoms with Crippen LogP contribution >= 0.6 is 0 Å². The number of nitrogens with one attached hydrogen (secondary N) is 2. The zero-order valence-electron chi connectivity index (χ0n) is 10.6. The molecule has 0 bridgehead atoms. The second kappa shape index (κ2) is 5.36. The lowest BCUT2D eigenvalue weighted by Crippen LogP contribution is -2.20. The molecule has 3 rings (SSSR count). The van der Waals surface area contributed by atoms with Gasteiger partial charge < -0.3 is 5.32 Å². The Hall–Kier alpha value is -2.95. The van der Waals surface area contributed by atoms with E-state index in [1.54, 1.807) is 6.20 Å². The van der Waals surface area contributed by atoms with Gasteiger partial charge in [-0.05, 0) is 22.9 Å². The van der Waals surface area contributed by atoms with Gasteiger partial charge in [0.05, 0.1) is 6.20 Å². The van der Waals surface area contributed by atoms with E-state index < -0.39 is 0 Å². The second-order valence-corrected chi connectivity index (χ2v) is 4.23. The van der Waals surface area contributed by atoms with Gasteiger partial charge in [0.15, 0.2) is 5.82 Å². The molecule has 20 heavy (non-hydrogen) atoms. The maximum atomic E-state index is 11.8. The lowest BCUT2D eigenvalue weighted by atomic mass is 10.1. The Morgan fingerprint density at radius 3 is 2.60 bits per heavy atom. The molecule has 0 spiro atoms. The molecule has 0 saturated heterocycles. The van der Waals surface area contributed by atoms with Crippen molar-refractivity contribution in [3.05, 3.63) is 61.1 Å². The Morgan fingerprint density at radius 2 is 1.80 bits per heavy atom. The summed E-state index contributed by atoms with van der Waals surface area (Å²) in [7, 11) is 0. The second-order valence-electron chi connectivity index (χ2n) is 4.23. The Bertz CT molecular complexity index is 743. The molecule has 1 aromatic heterocycles. The standard InChI is InChI=1S/C15H12N4O/c20-15(19-14-10-16-7-8-17-14)18-13-6-5-11-3-1-2-4-12(11)9-13/h1-10H,(H2,17,18,19,20). The number of urea groups is 1. The van der Waals surface area contributed by atoms with E-state index in [1.807, 2.05) is 42.5 Å². The van der Waals surface area contributed by atoms with Gasteiger partial charge in [-0.15, -0.1) is 0 Å².